The second-order valence-corrected chi connectivity index (χ2v) is 8.88. The average Bonchev–Trinajstić information content (AvgIpc) is 2.83. The van der Waals surface area contributed by atoms with E-state index in [9.17, 15) is 0 Å². The summed E-state index contributed by atoms with van der Waals surface area (Å²) in [7, 11) is 0. The molecule has 2 fully saturated rings. The predicted molar refractivity (Wildman–Crippen MR) is 93.5 cm³/mol. The molecule has 1 nitrogen and oxygen atoms in total. The third kappa shape index (κ3) is 4.24. The zero-order chi connectivity index (χ0) is 15.5. The molecule has 2 saturated carbocycles. The van der Waals surface area contributed by atoms with Gasteiger partial charge >= 0.3 is 0 Å². The third-order valence-corrected chi connectivity index (χ3v) is 6.18. The zero-order valence-corrected chi connectivity index (χ0v) is 15.3. The van der Waals surface area contributed by atoms with Gasteiger partial charge in [-0.25, -0.2) is 0 Å². The minimum absolute atomic E-state index is 0.603. The second kappa shape index (κ2) is 7.49. The molecule has 0 aromatic carbocycles. The molecule has 0 saturated heterocycles. The zero-order valence-electron chi connectivity index (χ0n) is 15.3. The number of hydrogen-bond acceptors (Lipinski definition) is 1. The van der Waals surface area contributed by atoms with Crippen LogP contribution in [-0.4, -0.2) is 12.6 Å². The normalized spacial score (nSPS) is 34.3. The standard InChI is InChI=1S/C20H39N/c1-6-21-19(18-12-16(4)11-17(5)13-18)20(14-15(2)3)9-7-8-10-20/h15-19,21H,6-14H2,1-5H3. The van der Waals surface area contributed by atoms with E-state index in [1.54, 1.807) is 0 Å². The van der Waals surface area contributed by atoms with Gasteiger partial charge in [-0.1, -0.05) is 47.5 Å². The Balaban J connectivity index is 2.18. The topological polar surface area (TPSA) is 12.0 Å². The Morgan fingerprint density at radius 3 is 2.05 bits per heavy atom. The van der Waals surface area contributed by atoms with E-state index in [1.807, 2.05) is 0 Å². The molecule has 0 radical (unpaired) electrons. The van der Waals surface area contributed by atoms with Crippen molar-refractivity contribution in [1.82, 2.24) is 5.32 Å². The van der Waals surface area contributed by atoms with Crippen molar-refractivity contribution < 1.29 is 0 Å². The quantitative estimate of drug-likeness (QED) is 0.668. The molecule has 0 spiro atoms. The number of rotatable bonds is 6. The Bertz CT molecular complexity index is 293. The lowest BCUT2D eigenvalue weighted by Crippen LogP contribution is -2.51. The SMILES string of the molecule is CCNC(C1CC(C)CC(C)C1)C1(CC(C)C)CCCC1. The first kappa shape index (κ1) is 17.3. The summed E-state index contributed by atoms with van der Waals surface area (Å²) in [6.45, 7) is 13.3. The van der Waals surface area contributed by atoms with Crippen LogP contribution in [0.1, 0.15) is 86.0 Å². The summed E-state index contributed by atoms with van der Waals surface area (Å²) in [4.78, 5) is 0. The van der Waals surface area contributed by atoms with Gasteiger partial charge in [0.2, 0.25) is 0 Å². The maximum atomic E-state index is 3.98. The molecular weight excluding hydrogens is 254 g/mol. The van der Waals surface area contributed by atoms with E-state index in [0.717, 1.165) is 36.3 Å². The molecule has 21 heavy (non-hydrogen) atoms. The summed E-state index contributed by atoms with van der Waals surface area (Å²) in [5.74, 6) is 3.61. The molecule has 2 aliphatic rings. The summed E-state index contributed by atoms with van der Waals surface area (Å²) >= 11 is 0. The molecule has 0 aliphatic heterocycles. The van der Waals surface area contributed by atoms with Crippen molar-refractivity contribution in [2.45, 2.75) is 92.0 Å². The Labute approximate surface area is 133 Å². The lowest BCUT2D eigenvalue weighted by molar-refractivity contribution is 0.0676. The van der Waals surface area contributed by atoms with Crippen molar-refractivity contribution in [2.75, 3.05) is 6.54 Å². The molecular formula is C20H39N. The minimum atomic E-state index is 0.603. The van der Waals surface area contributed by atoms with Crippen molar-refractivity contribution in [2.24, 2.45) is 29.1 Å². The molecule has 0 aromatic heterocycles. The van der Waals surface area contributed by atoms with Crippen LogP contribution in [0, 0.1) is 29.1 Å². The van der Waals surface area contributed by atoms with Crippen LogP contribution < -0.4 is 5.32 Å². The van der Waals surface area contributed by atoms with Crippen LogP contribution in [0.3, 0.4) is 0 Å². The van der Waals surface area contributed by atoms with E-state index < -0.39 is 0 Å². The highest BCUT2D eigenvalue weighted by molar-refractivity contribution is 4.99. The molecule has 124 valence electrons. The third-order valence-electron chi connectivity index (χ3n) is 6.18. The van der Waals surface area contributed by atoms with E-state index in [1.165, 1.54) is 51.4 Å². The molecule has 3 unspecified atom stereocenters. The summed E-state index contributed by atoms with van der Waals surface area (Å²) < 4.78 is 0. The summed E-state index contributed by atoms with van der Waals surface area (Å²) in [5, 5.41) is 3.98. The van der Waals surface area contributed by atoms with Crippen LogP contribution in [0.25, 0.3) is 0 Å². The van der Waals surface area contributed by atoms with Crippen molar-refractivity contribution in [3.8, 4) is 0 Å². The molecule has 2 aliphatic carbocycles. The van der Waals surface area contributed by atoms with E-state index in [0.29, 0.717) is 5.41 Å². The molecule has 2 rings (SSSR count). The van der Waals surface area contributed by atoms with Crippen molar-refractivity contribution in [1.29, 1.82) is 0 Å². The molecule has 1 heteroatoms. The van der Waals surface area contributed by atoms with Crippen LogP contribution in [0.15, 0.2) is 0 Å². The molecule has 0 bridgehead atoms. The van der Waals surface area contributed by atoms with Gasteiger partial charge in [-0.15, -0.1) is 0 Å². The highest BCUT2D eigenvalue weighted by atomic mass is 14.9. The summed E-state index contributed by atoms with van der Waals surface area (Å²) in [6.07, 6.45) is 11.7. The van der Waals surface area contributed by atoms with Crippen LogP contribution in [0.4, 0.5) is 0 Å². The fourth-order valence-corrected chi connectivity index (χ4v) is 5.92. The molecule has 3 atom stereocenters. The Hall–Kier alpha value is -0.0400. The monoisotopic (exact) mass is 293 g/mol. The number of nitrogens with one attached hydrogen (secondary N) is 1. The minimum Gasteiger partial charge on any atom is -0.313 e. The van der Waals surface area contributed by atoms with Gasteiger partial charge in [0.15, 0.2) is 0 Å². The largest absolute Gasteiger partial charge is 0.313 e. The fraction of sp³-hybridized carbons (Fsp3) is 1.00. The second-order valence-electron chi connectivity index (χ2n) is 8.88. The van der Waals surface area contributed by atoms with Crippen molar-refractivity contribution >= 4 is 0 Å². The maximum Gasteiger partial charge on any atom is 0.0152 e. The van der Waals surface area contributed by atoms with Gasteiger partial charge in [-0.2, -0.15) is 0 Å². The van der Waals surface area contributed by atoms with E-state index in [2.05, 4.69) is 39.9 Å². The van der Waals surface area contributed by atoms with Gasteiger partial charge in [-0.3, -0.25) is 0 Å². The maximum absolute atomic E-state index is 3.98. The van der Waals surface area contributed by atoms with Gasteiger partial charge in [0.25, 0.3) is 0 Å². The fourth-order valence-electron chi connectivity index (χ4n) is 5.92. The van der Waals surface area contributed by atoms with Crippen molar-refractivity contribution in [3.05, 3.63) is 0 Å². The highest BCUT2D eigenvalue weighted by Gasteiger charge is 2.45. The molecule has 0 amide bonds. The molecule has 0 heterocycles. The van der Waals surface area contributed by atoms with Crippen LogP contribution in [0.2, 0.25) is 0 Å². The Morgan fingerprint density at radius 1 is 1.00 bits per heavy atom. The first-order valence-electron chi connectivity index (χ1n) is 9.70. The average molecular weight is 294 g/mol. The van der Waals surface area contributed by atoms with Gasteiger partial charge in [-0.05, 0) is 74.2 Å². The Kier molecular flexibility index (Phi) is 6.17. The first-order valence-corrected chi connectivity index (χ1v) is 9.70. The molecule has 0 aromatic rings. The summed E-state index contributed by atoms with van der Waals surface area (Å²) in [6, 6.07) is 0.776. The smallest absolute Gasteiger partial charge is 0.0152 e. The lowest BCUT2D eigenvalue weighted by Gasteiger charge is -2.47. The van der Waals surface area contributed by atoms with Gasteiger partial charge in [0.1, 0.15) is 0 Å². The Morgan fingerprint density at radius 2 is 1.57 bits per heavy atom. The van der Waals surface area contributed by atoms with Gasteiger partial charge in [0, 0.05) is 6.04 Å². The number of hydrogen-bond donors (Lipinski definition) is 1. The summed E-state index contributed by atoms with van der Waals surface area (Å²) in [5.41, 5.74) is 0.603. The predicted octanol–water partition coefficient (Wildman–Crippen LogP) is 5.64. The van der Waals surface area contributed by atoms with E-state index in [4.69, 9.17) is 0 Å². The van der Waals surface area contributed by atoms with Gasteiger partial charge in [0.05, 0.1) is 0 Å². The van der Waals surface area contributed by atoms with E-state index in [-0.39, 0.29) is 0 Å². The van der Waals surface area contributed by atoms with Crippen LogP contribution >= 0.6 is 0 Å². The van der Waals surface area contributed by atoms with E-state index >= 15 is 0 Å². The first-order chi connectivity index (χ1) is 9.97. The van der Waals surface area contributed by atoms with Crippen LogP contribution in [-0.2, 0) is 0 Å². The molecule has 1 N–H and O–H groups in total. The lowest BCUT2D eigenvalue weighted by atomic mass is 9.63. The van der Waals surface area contributed by atoms with Gasteiger partial charge < -0.3 is 5.32 Å². The van der Waals surface area contributed by atoms with Crippen LogP contribution in [0.5, 0.6) is 0 Å². The highest BCUT2D eigenvalue weighted by Crippen LogP contribution is 2.50. The van der Waals surface area contributed by atoms with Crippen molar-refractivity contribution in [3.63, 3.8) is 0 Å².